The van der Waals surface area contributed by atoms with E-state index in [0.717, 1.165) is 5.56 Å². The maximum atomic E-state index is 13.2. The number of hydrogen-bond acceptors (Lipinski definition) is 5. The molecule has 2 aromatic rings. The third kappa shape index (κ3) is 6.26. The van der Waals surface area contributed by atoms with Crippen molar-refractivity contribution in [2.45, 2.75) is 46.2 Å². The van der Waals surface area contributed by atoms with Crippen molar-refractivity contribution in [2.24, 2.45) is 5.92 Å². The van der Waals surface area contributed by atoms with Gasteiger partial charge in [0.15, 0.2) is 0 Å². The van der Waals surface area contributed by atoms with Gasteiger partial charge in [-0.1, -0.05) is 38.1 Å². The number of nitrogens with zero attached hydrogens (tertiary/aromatic N) is 2. The minimum absolute atomic E-state index is 0.103. The van der Waals surface area contributed by atoms with Crippen LogP contribution in [0.25, 0.3) is 0 Å². The Morgan fingerprint density at radius 1 is 0.971 bits per heavy atom. The molecule has 35 heavy (non-hydrogen) atoms. The number of carbonyl (C=O) groups is 4. The number of carbonyl (C=O) groups excluding carboxylic acids is 4. The van der Waals surface area contributed by atoms with E-state index in [4.69, 9.17) is 4.74 Å². The van der Waals surface area contributed by atoms with Crippen LogP contribution in [0, 0.1) is 5.92 Å². The Kier molecular flexibility index (Phi) is 8.63. The second-order valence-electron chi connectivity index (χ2n) is 9.10. The molecule has 8 nitrogen and oxygen atoms in total. The van der Waals surface area contributed by atoms with Crippen LogP contribution in [0.2, 0.25) is 0 Å². The third-order valence-corrected chi connectivity index (χ3v) is 6.01. The highest BCUT2D eigenvalue weighted by Gasteiger charge is 2.35. The molecule has 0 aromatic heterocycles. The van der Waals surface area contributed by atoms with E-state index < -0.39 is 6.04 Å². The van der Waals surface area contributed by atoms with Gasteiger partial charge in [-0.25, -0.2) is 0 Å². The number of imide groups is 1. The van der Waals surface area contributed by atoms with Crippen molar-refractivity contribution in [2.75, 3.05) is 20.2 Å². The lowest BCUT2D eigenvalue weighted by Gasteiger charge is -2.29. The summed E-state index contributed by atoms with van der Waals surface area (Å²) in [5.41, 5.74) is 1.64. The minimum atomic E-state index is -0.678. The highest BCUT2D eigenvalue weighted by atomic mass is 16.5. The first-order valence-corrected chi connectivity index (χ1v) is 11.9. The van der Waals surface area contributed by atoms with Gasteiger partial charge in [0.25, 0.3) is 11.8 Å². The summed E-state index contributed by atoms with van der Waals surface area (Å²) in [6.45, 7) is 6.64. The molecule has 0 radical (unpaired) electrons. The van der Waals surface area contributed by atoms with Gasteiger partial charge in [-0.15, -0.1) is 0 Å². The lowest BCUT2D eigenvalue weighted by molar-refractivity contribution is -0.140. The summed E-state index contributed by atoms with van der Waals surface area (Å²) in [7, 11) is 1.58. The Morgan fingerprint density at radius 2 is 1.57 bits per heavy atom. The molecule has 4 amide bonds. The Labute approximate surface area is 206 Å². The SMILES string of the molecule is COc1ccc(CN(C(=O)CCCN2C(=O)c3ccccc3C2=O)[C@H](C)C(=O)NCC(C)C)cc1. The third-order valence-electron chi connectivity index (χ3n) is 6.01. The van der Waals surface area contributed by atoms with Crippen LogP contribution in [0.5, 0.6) is 5.75 Å². The predicted molar refractivity (Wildman–Crippen MR) is 132 cm³/mol. The van der Waals surface area contributed by atoms with Gasteiger partial charge >= 0.3 is 0 Å². The van der Waals surface area contributed by atoms with Gasteiger partial charge in [0.2, 0.25) is 11.8 Å². The maximum absolute atomic E-state index is 13.2. The van der Waals surface area contributed by atoms with Crippen molar-refractivity contribution in [1.29, 1.82) is 0 Å². The maximum Gasteiger partial charge on any atom is 0.261 e. The minimum Gasteiger partial charge on any atom is -0.497 e. The van der Waals surface area contributed by atoms with Crippen LogP contribution in [0.15, 0.2) is 48.5 Å². The normalized spacial score (nSPS) is 13.6. The van der Waals surface area contributed by atoms with E-state index in [1.807, 2.05) is 38.1 Å². The zero-order valence-electron chi connectivity index (χ0n) is 20.7. The zero-order chi connectivity index (χ0) is 25.5. The fourth-order valence-corrected chi connectivity index (χ4v) is 3.94. The van der Waals surface area contributed by atoms with Gasteiger partial charge in [0, 0.05) is 26.1 Å². The lowest BCUT2D eigenvalue weighted by atomic mass is 10.1. The molecule has 0 fully saturated rings. The summed E-state index contributed by atoms with van der Waals surface area (Å²) >= 11 is 0. The molecule has 3 rings (SSSR count). The summed E-state index contributed by atoms with van der Waals surface area (Å²) in [4.78, 5) is 53.9. The molecule has 1 atom stereocenters. The highest BCUT2D eigenvalue weighted by Crippen LogP contribution is 2.23. The van der Waals surface area contributed by atoms with Crippen molar-refractivity contribution in [3.63, 3.8) is 0 Å². The summed E-state index contributed by atoms with van der Waals surface area (Å²) < 4.78 is 5.20. The number of rotatable bonds is 11. The molecule has 0 bridgehead atoms. The molecule has 1 aliphatic heterocycles. The first-order chi connectivity index (χ1) is 16.7. The van der Waals surface area contributed by atoms with Crippen LogP contribution in [-0.2, 0) is 16.1 Å². The molecule has 186 valence electrons. The molecule has 1 heterocycles. The van der Waals surface area contributed by atoms with Crippen LogP contribution < -0.4 is 10.1 Å². The summed E-state index contributed by atoms with van der Waals surface area (Å²) in [6.07, 6.45) is 0.412. The molecule has 0 aliphatic carbocycles. The number of amides is 4. The van der Waals surface area contributed by atoms with Crippen LogP contribution in [0.4, 0.5) is 0 Å². The van der Waals surface area contributed by atoms with E-state index in [0.29, 0.717) is 29.8 Å². The Hall–Kier alpha value is -3.68. The topological polar surface area (TPSA) is 96.0 Å². The fourth-order valence-electron chi connectivity index (χ4n) is 3.94. The van der Waals surface area contributed by atoms with Crippen molar-refractivity contribution < 1.29 is 23.9 Å². The number of benzene rings is 2. The molecule has 8 heteroatoms. The van der Waals surface area contributed by atoms with E-state index in [-0.39, 0.29) is 49.1 Å². The van der Waals surface area contributed by atoms with Crippen molar-refractivity contribution in [3.05, 3.63) is 65.2 Å². The smallest absolute Gasteiger partial charge is 0.261 e. The largest absolute Gasteiger partial charge is 0.497 e. The van der Waals surface area contributed by atoms with E-state index in [9.17, 15) is 19.2 Å². The molecule has 0 spiro atoms. The lowest BCUT2D eigenvalue weighted by Crippen LogP contribution is -2.48. The summed E-state index contributed by atoms with van der Waals surface area (Å²) in [5.74, 6) is -0.124. The second-order valence-corrected chi connectivity index (χ2v) is 9.10. The molecule has 1 N–H and O–H groups in total. The van der Waals surface area contributed by atoms with E-state index >= 15 is 0 Å². The molecule has 0 saturated heterocycles. The average Bonchev–Trinajstić information content (AvgIpc) is 3.10. The monoisotopic (exact) mass is 479 g/mol. The van der Waals surface area contributed by atoms with Crippen LogP contribution in [0.1, 0.15) is 59.9 Å². The Bertz CT molecular complexity index is 1050. The van der Waals surface area contributed by atoms with Crippen LogP contribution >= 0.6 is 0 Å². The van der Waals surface area contributed by atoms with Gasteiger partial charge in [-0.05, 0) is 49.1 Å². The van der Waals surface area contributed by atoms with Gasteiger partial charge in [-0.2, -0.15) is 0 Å². The molecule has 1 aliphatic rings. The van der Waals surface area contributed by atoms with Gasteiger partial charge in [-0.3, -0.25) is 24.1 Å². The van der Waals surface area contributed by atoms with E-state index in [1.54, 1.807) is 43.2 Å². The quantitative estimate of drug-likeness (QED) is 0.499. The number of nitrogens with one attached hydrogen (secondary N) is 1. The van der Waals surface area contributed by atoms with Crippen LogP contribution in [0.3, 0.4) is 0 Å². The number of ether oxygens (including phenoxy) is 1. The molecular formula is C27H33N3O5. The summed E-state index contributed by atoms with van der Waals surface area (Å²) in [6, 6.07) is 13.4. The average molecular weight is 480 g/mol. The first-order valence-electron chi connectivity index (χ1n) is 11.9. The summed E-state index contributed by atoms with van der Waals surface area (Å²) in [5, 5.41) is 2.89. The van der Waals surface area contributed by atoms with Crippen molar-refractivity contribution in [3.8, 4) is 5.75 Å². The molecular weight excluding hydrogens is 446 g/mol. The number of fused-ring (bicyclic) bond motifs is 1. The van der Waals surface area contributed by atoms with Gasteiger partial charge < -0.3 is 15.0 Å². The number of hydrogen-bond donors (Lipinski definition) is 1. The van der Waals surface area contributed by atoms with E-state index in [2.05, 4.69) is 5.32 Å². The standard InChI is InChI=1S/C27H33N3O5/c1-18(2)16-28-25(32)19(3)30(17-20-11-13-21(35-4)14-12-20)24(31)10-7-15-29-26(33)22-8-5-6-9-23(22)27(29)34/h5-6,8-9,11-14,18-19H,7,10,15-17H2,1-4H3,(H,28,32)/t19-/m1/s1. The van der Waals surface area contributed by atoms with Gasteiger partial charge in [0.05, 0.1) is 18.2 Å². The van der Waals surface area contributed by atoms with Crippen LogP contribution in [-0.4, -0.2) is 59.7 Å². The Balaban J connectivity index is 1.66. The highest BCUT2D eigenvalue weighted by molar-refractivity contribution is 6.21. The fraction of sp³-hybridized carbons (Fsp3) is 0.407. The van der Waals surface area contributed by atoms with Crippen molar-refractivity contribution in [1.82, 2.24) is 15.1 Å². The Morgan fingerprint density at radius 3 is 2.11 bits per heavy atom. The second kappa shape index (κ2) is 11.6. The molecule has 0 unspecified atom stereocenters. The first kappa shape index (κ1) is 25.9. The molecule has 2 aromatic carbocycles. The van der Waals surface area contributed by atoms with E-state index in [1.165, 1.54) is 4.90 Å². The molecule has 0 saturated carbocycles. The van der Waals surface area contributed by atoms with Crippen molar-refractivity contribution >= 4 is 23.6 Å². The predicted octanol–water partition coefficient (Wildman–Crippen LogP) is 3.26. The van der Waals surface area contributed by atoms with Gasteiger partial charge in [0.1, 0.15) is 11.8 Å². The zero-order valence-corrected chi connectivity index (χ0v) is 20.7. The number of methoxy groups -OCH3 is 1.